The van der Waals surface area contributed by atoms with E-state index >= 15 is 0 Å². The molecule has 2 N–H and O–H groups in total. The van der Waals surface area contributed by atoms with Gasteiger partial charge < -0.3 is 15.0 Å². The van der Waals surface area contributed by atoms with Crippen molar-refractivity contribution in [2.45, 2.75) is 32.7 Å². The Balaban J connectivity index is 1.61. The highest BCUT2D eigenvalue weighted by molar-refractivity contribution is 9.10. The minimum Gasteiger partial charge on any atom is -0.462 e. The highest BCUT2D eigenvalue weighted by Crippen LogP contribution is 2.35. The van der Waals surface area contributed by atoms with E-state index in [1.807, 2.05) is 13.0 Å². The van der Waals surface area contributed by atoms with Crippen LogP contribution in [0.5, 0.6) is 0 Å². The molecule has 1 aliphatic rings. The van der Waals surface area contributed by atoms with Crippen LogP contribution in [-0.4, -0.2) is 28.0 Å². The van der Waals surface area contributed by atoms with Crippen molar-refractivity contribution in [1.29, 1.82) is 0 Å². The summed E-state index contributed by atoms with van der Waals surface area (Å²) in [5.41, 5.74) is 1.71. The lowest BCUT2D eigenvalue weighted by Gasteiger charge is -2.32. The van der Waals surface area contributed by atoms with Gasteiger partial charge in [-0.15, -0.1) is 0 Å². The summed E-state index contributed by atoms with van der Waals surface area (Å²) >= 11 is 3.45. The summed E-state index contributed by atoms with van der Waals surface area (Å²) in [6.07, 6.45) is 0.711. The Morgan fingerprint density at radius 1 is 1.22 bits per heavy atom. The number of halogens is 1. The van der Waals surface area contributed by atoms with Gasteiger partial charge in [0.15, 0.2) is 0 Å². The van der Waals surface area contributed by atoms with Gasteiger partial charge in [0.05, 0.1) is 23.2 Å². The van der Waals surface area contributed by atoms with E-state index in [-0.39, 0.29) is 24.9 Å². The molecule has 9 heteroatoms. The molecule has 0 radical (unpaired) electrons. The standard InChI is InChI=1S/C23H22BrN3O5/c1-3-32-23(31)13-4-6-16(7-5-13)25-19(28)11-18-12(2)8-14-9-15(24)10-17-20(14)27(18)22(30)21(29)26-17/h4-7,9-10,12,18H,3,8,11H2,1-2H3,(H,25,28)(H,26,29)/t12-,18+/m0/s1. The van der Waals surface area contributed by atoms with Gasteiger partial charge in [-0.25, -0.2) is 4.79 Å². The maximum Gasteiger partial charge on any atom is 0.338 e. The molecule has 1 aromatic heterocycles. The molecular weight excluding hydrogens is 478 g/mol. The first-order valence-corrected chi connectivity index (χ1v) is 11.1. The molecule has 0 spiro atoms. The van der Waals surface area contributed by atoms with E-state index in [9.17, 15) is 19.2 Å². The van der Waals surface area contributed by atoms with Crippen LogP contribution in [0.1, 0.15) is 42.2 Å². The zero-order valence-electron chi connectivity index (χ0n) is 17.6. The molecule has 0 saturated heterocycles. The monoisotopic (exact) mass is 499 g/mol. The van der Waals surface area contributed by atoms with Gasteiger partial charge in [-0.1, -0.05) is 22.9 Å². The molecule has 8 nitrogen and oxygen atoms in total. The smallest absolute Gasteiger partial charge is 0.338 e. The molecular formula is C23H22BrN3O5. The SMILES string of the molecule is CCOC(=O)c1ccc(NC(=O)C[C@@H]2[C@@H](C)Cc3cc(Br)cc4[nH]c(=O)c(=O)n2c34)cc1. The predicted molar refractivity (Wildman–Crippen MR) is 124 cm³/mol. The van der Waals surface area contributed by atoms with Crippen molar-refractivity contribution in [3.05, 3.63) is 72.7 Å². The Kier molecular flexibility index (Phi) is 6.01. The number of nitrogens with zero attached hydrogens (tertiary/aromatic N) is 1. The number of carbonyl (C=O) groups excluding carboxylic acids is 2. The quantitative estimate of drug-likeness (QED) is 0.412. The molecule has 2 aromatic carbocycles. The van der Waals surface area contributed by atoms with E-state index in [1.54, 1.807) is 37.3 Å². The number of nitrogens with one attached hydrogen (secondary N) is 2. The largest absolute Gasteiger partial charge is 0.462 e. The van der Waals surface area contributed by atoms with Crippen LogP contribution in [0.3, 0.4) is 0 Å². The third-order valence-electron chi connectivity index (χ3n) is 5.66. The van der Waals surface area contributed by atoms with E-state index in [1.165, 1.54) is 4.57 Å². The first kappa shape index (κ1) is 22.0. The summed E-state index contributed by atoms with van der Waals surface area (Å²) in [6, 6.07) is 9.64. The molecule has 1 aliphatic heterocycles. The Morgan fingerprint density at radius 2 is 1.94 bits per heavy atom. The number of carbonyl (C=O) groups is 2. The first-order chi connectivity index (χ1) is 15.3. The van der Waals surface area contributed by atoms with Gasteiger partial charge in [0, 0.05) is 22.6 Å². The van der Waals surface area contributed by atoms with Crippen molar-refractivity contribution in [2.24, 2.45) is 5.92 Å². The number of ether oxygens (including phenoxy) is 1. The molecule has 4 rings (SSSR count). The average Bonchev–Trinajstić information content (AvgIpc) is 2.73. The molecule has 32 heavy (non-hydrogen) atoms. The van der Waals surface area contributed by atoms with Crippen LogP contribution < -0.4 is 16.4 Å². The Labute approximate surface area is 191 Å². The topological polar surface area (TPSA) is 110 Å². The maximum atomic E-state index is 12.8. The molecule has 3 aromatic rings. The fraction of sp³-hybridized carbons (Fsp3) is 0.304. The number of benzene rings is 2. The first-order valence-electron chi connectivity index (χ1n) is 10.3. The van der Waals surface area contributed by atoms with Crippen molar-refractivity contribution in [1.82, 2.24) is 9.55 Å². The minimum absolute atomic E-state index is 0.0311. The van der Waals surface area contributed by atoms with Crippen LogP contribution in [0, 0.1) is 5.92 Å². The second kappa shape index (κ2) is 8.74. The molecule has 166 valence electrons. The second-order valence-electron chi connectivity index (χ2n) is 7.89. The van der Waals surface area contributed by atoms with Gasteiger partial charge >= 0.3 is 17.1 Å². The summed E-state index contributed by atoms with van der Waals surface area (Å²) in [7, 11) is 0. The zero-order valence-corrected chi connectivity index (χ0v) is 19.2. The molecule has 2 atom stereocenters. The van der Waals surface area contributed by atoms with Crippen molar-refractivity contribution >= 4 is 44.5 Å². The lowest BCUT2D eigenvalue weighted by Crippen LogP contribution is -2.43. The van der Waals surface area contributed by atoms with E-state index in [2.05, 4.69) is 26.2 Å². The van der Waals surface area contributed by atoms with E-state index in [4.69, 9.17) is 4.74 Å². The number of amides is 1. The predicted octanol–water partition coefficient (Wildman–Crippen LogP) is 3.39. The van der Waals surface area contributed by atoms with Crippen LogP contribution >= 0.6 is 15.9 Å². The number of hydrogen-bond donors (Lipinski definition) is 2. The number of H-pyrrole nitrogens is 1. The van der Waals surface area contributed by atoms with Crippen LogP contribution in [0.15, 0.2) is 50.5 Å². The van der Waals surface area contributed by atoms with Gasteiger partial charge in [0.1, 0.15) is 0 Å². The molecule has 2 heterocycles. The Bertz CT molecular complexity index is 1330. The van der Waals surface area contributed by atoms with Gasteiger partial charge in [0.2, 0.25) is 5.91 Å². The fourth-order valence-electron chi connectivity index (χ4n) is 4.23. The summed E-state index contributed by atoms with van der Waals surface area (Å²) in [5, 5.41) is 2.81. The number of hydrogen-bond acceptors (Lipinski definition) is 5. The van der Waals surface area contributed by atoms with Crippen LogP contribution in [0.4, 0.5) is 5.69 Å². The van der Waals surface area contributed by atoms with E-state index < -0.39 is 23.1 Å². The highest BCUT2D eigenvalue weighted by atomic mass is 79.9. The Hall–Kier alpha value is -3.20. The maximum absolute atomic E-state index is 12.8. The molecule has 0 aliphatic carbocycles. The summed E-state index contributed by atoms with van der Waals surface area (Å²) in [4.78, 5) is 52.3. The molecule has 0 bridgehead atoms. The Morgan fingerprint density at radius 3 is 2.62 bits per heavy atom. The van der Waals surface area contributed by atoms with Crippen LogP contribution in [0.2, 0.25) is 0 Å². The molecule has 1 amide bonds. The number of anilines is 1. The number of aromatic nitrogens is 2. The van der Waals surface area contributed by atoms with Crippen molar-refractivity contribution in [3.8, 4) is 0 Å². The van der Waals surface area contributed by atoms with E-state index in [0.29, 0.717) is 28.7 Å². The van der Waals surface area contributed by atoms with Gasteiger partial charge in [-0.2, -0.15) is 0 Å². The number of aromatic amines is 1. The zero-order chi connectivity index (χ0) is 23.0. The molecule has 0 unspecified atom stereocenters. The highest BCUT2D eigenvalue weighted by Gasteiger charge is 2.31. The number of rotatable bonds is 5. The van der Waals surface area contributed by atoms with Crippen molar-refractivity contribution in [3.63, 3.8) is 0 Å². The van der Waals surface area contributed by atoms with Crippen molar-refractivity contribution < 1.29 is 14.3 Å². The fourth-order valence-corrected chi connectivity index (χ4v) is 4.74. The lowest BCUT2D eigenvalue weighted by molar-refractivity contribution is -0.117. The normalized spacial score (nSPS) is 17.2. The molecule has 0 fully saturated rings. The molecule has 0 saturated carbocycles. The van der Waals surface area contributed by atoms with Crippen molar-refractivity contribution in [2.75, 3.05) is 11.9 Å². The second-order valence-corrected chi connectivity index (χ2v) is 8.80. The van der Waals surface area contributed by atoms with Gasteiger partial charge in [0.25, 0.3) is 0 Å². The number of esters is 1. The lowest BCUT2D eigenvalue weighted by atomic mass is 9.87. The third kappa shape index (κ3) is 4.12. The van der Waals surface area contributed by atoms with Crippen LogP contribution in [-0.2, 0) is 16.0 Å². The van der Waals surface area contributed by atoms with Crippen LogP contribution in [0.25, 0.3) is 11.0 Å². The minimum atomic E-state index is -0.712. The van der Waals surface area contributed by atoms with Gasteiger partial charge in [-0.3, -0.25) is 19.0 Å². The third-order valence-corrected chi connectivity index (χ3v) is 6.12. The average molecular weight is 500 g/mol. The van der Waals surface area contributed by atoms with Gasteiger partial charge in [-0.05, 0) is 61.2 Å². The summed E-state index contributed by atoms with van der Waals surface area (Å²) in [5.74, 6) is -0.743. The summed E-state index contributed by atoms with van der Waals surface area (Å²) < 4.78 is 7.24. The van der Waals surface area contributed by atoms with E-state index in [0.717, 1.165) is 10.0 Å². The summed E-state index contributed by atoms with van der Waals surface area (Å²) in [6.45, 7) is 3.98.